The maximum absolute atomic E-state index is 12.7. The molecule has 3 aliphatic rings. The number of fused-ring (bicyclic) bond motifs is 1. The molecule has 2 aromatic carbocycles. The Morgan fingerprint density at radius 2 is 1.68 bits per heavy atom. The fourth-order valence-electron chi connectivity index (χ4n) is 4.97. The maximum atomic E-state index is 12.7. The van der Waals surface area contributed by atoms with Gasteiger partial charge in [0.05, 0.1) is 25.2 Å². The molecule has 2 aromatic rings. The van der Waals surface area contributed by atoms with Gasteiger partial charge in [-0.15, -0.1) is 0 Å². The van der Waals surface area contributed by atoms with Crippen molar-refractivity contribution in [2.75, 3.05) is 19.7 Å². The zero-order valence-corrected chi connectivity index (χ0v) is 17.6. The molecule has 3 atom stereocenters. The number of aliphatic hydroxyl groups is 1. The molecule has 3 fully saturated rings. The van der Waals surface area contributed by atoms with Gasteiger partial charge in [-0.3, -0.25) is 9.59 Å². The molecule has 0 bridgehead atoms. The Kier molecular flexibility index (Phi) is 5.36. The number of carbonyl (C=O) groups is 2. The average molecular weight is 417 g/mol. The third-order valence-electron chi connectivity index (χ3n) is 6.85. The molecule has 1 aliphatic carbocycles. The van der Waals surface area contributed by atoms with E-state index in [4.69, 9.17) is 0 Å². The minimum atomic E-state index is -0.205. The molecule has 5 rings (SSSR count). The number of piperazine rings is 1. The molecule has 5 heteroatoms. The summed E-state index contributed by atoms with van der Waals surface area (Å²) >= 11 is 0. The van der Waals surface area contributed by atoms with E-state index in [0.29, 0.717) is 18.9 Å². The molecule has 0 unspecified atom stereocenters. The van der Waals surface area contributed by atoms with Crippen LogP contribution in [-0.2, 0) is 9.59 Å². The standard InChI is InChI=1S/C26H28N2O3/c29-17-23-26(21-12-10-19(11-13-21)7-6-18-4-2-1-3-5-18)22-15-27(16-25(31)28(22)23)24(30)14-20-8-9-20/h1-7,10-13,20,22-23,26,29H,8-9,14-17H2/t22-,23+,26+/m0/s1. The van der Waals surface area contributed by atoms with Gasteiger partial charge in [0, 0.05) is 18.9 Å². The first-order valence-corrected chi connectivity index (χ1v) is 11.2. The highest BCUT2D eigenvalue weighted by molar-refractivity contribution is 5.88. The molecule has 1 saturated carbocycles. The Morgan fingerprint density at radius 3 is 2.32 bits per heavy atom. The van der Waals surface area contributed by atoms with Gasteiger partial charge < -0.3 is 14.9 Å². The van der Waals surface area contributed by atoms with Crippen molar-refractivity contribution in [1.29, 1.82) is 0 Å². The van der Waals surface area contributed by atoms with E-state index >= 15 is 0 Å². The summed E-state index contributed by atoms with van der Waals surface area (Å²) in [4.78, 5) is 28.8. The quantitative estimate of drug-likeness (QED) is 0.736. The predicted molar refractivity (Wildman–Crippen MR) is 120 cm³/mol. The molecule has 2 aliphatic heterocycles. The van der Waals surface area contributed by atoms with Crippen molar-refractivity contribution in [3.63, 3.8) is 0 Å². The van der Waals surface area contributed by atoms with Crippen LogP contribution in [0.1, 0.15) is 41.9 Å². The molecule has 2 heterocycles. The van der Waals surface area contributed by atoms with E-state index in [1.807, 2.05) is 18.2 Å². The molecule has 160 valence electrons. The smallest absolute Gasteiger partial charge is 0.242 e. The van der Waals surface area contributed by atoms with E-state index in [1.165, 1.54) is 0 Å². The van der Waals surface area contributed by atoms with Gasteiger partial charge in [-0.25, -0.2) is 0 Å². The second-order valence-corrected chi connectivity index (χ2v) is 8.98. The number of benzene rings is 2. The summed E-state index contributed by atoms with van der Waals surface area (Å²) in [5, 5.41) is 9.96. The highest BCUT2D eigenvalue weighted by atomic mass is 16.3. The van der Waals surface area contributed by atoms with Crippen LogP contribution >= 0.6 is 0 Å². The third kappa shape index (κ3) is 4.02. The molecule has 0 aromatic heterocycles. The van der Waals surface area contributed by atoms with Crippen LogP contribution in [0.25, 0.3) is 12.2 Å². The Bertz CT molecular complexity index is 981. The van der Waals surface area contributed by atoms with E-state index < -0.39 is 0 Å². The van der Waals surface area contributed by atoms with E-state index in [9.17, 15) is 14.7 Å². The highest BCUT2D eigenvalue weighted by Crippen LogP contribution is 2.43. The minimum Gasteiger partial charge on any atom is -0.394 e. The summed E-state index contributed by atoms with van der Waals surface area (Å²) in [6.07, 6.45) is 6.99. The van der Waals surface area contributed by atoms with Crippen molar-refractivity contribution in [1.82, 2.24) is 9.80 Å². The van der Waals surface area contributed by atoms with Crippen LogP contribution in [0.2, 0.25) is 0 Å². The molecule has 0 radical (unpaired) electrons. The SMILES string of the molecule is O=C(CC1CC1)N1CC(=O)N2[C@H](CO)[C@H](c3ccc(C=Cc4ccccc4)cc3)[C@@H]2C1. The molecule has 5 nitrogen and oxygen atoms in total. The van der Waals surface area contributed by atoms with Gasteiger partial charge in [-0.2, -0.15) is 0 Å². The number of hydrogen-bond acceptors (Lipinski definition) is 3. The lowest BCUT2D eigenvalue weighted by Gasteiger charge is -2.58. The third-order valence-corrected chi connectivity index (χ3v) is 6.85. The highest BCUT2D eigenvalue weighted by Gasteiger charge is 2.54. The first kappa shape index (κ1) is 20.0. The van der Waals surface area contributed by atoms with Crippen LogP contribution in [-0.4, -0.2) is 58.5 Å². The molecule has 31 heavy (non-hydrogen) atoms. The number of rotatable bonds is 6. The molecular formula is C26H28N2O3. The first-order valence-electron chi connectivity index (χ1n) is 11.2. The van der Waals surface area contributed by atoms with Crippen LogP contribution in [0.15, 0.2) is 54.6 Å². The summed E-state index contributed by atoms with van der Waals surface area (Å²) in [6, 6.07) is 18.2. The van der Waals surface area contributed by atoms with Crippen molar-refractivity contribution in [3.05, 3.63) is 71.3 Å². The van der Waals surface area contributed by atoms with Crippen molar-refractivity contribution in [2.24, 2.45) is 5.92 Å². The summed E-state index contributed by atoms with van der Waals surface area (Å²) in [6.45, 7) is 0.654. The lowest BCUT2D eigenvalue weighted by Crippen LogP contribution is -2.73. The van der Waals surface area contributed by atoms with Gasteiger partial charge in [-0.05, 0) is 35.4 Å². The number of nitrogens with zero attached hydrogens (tertiary/aromatic N) is 2. The van der Waals surface area contributed by atoms with Crippen LogP contribution in [0.3, 0.4) is 0 Å². The van der Waals surface area contributed by atoms with Crippen LogP contribution in [0.5, 0.6) is 0 Å². The lowest BCUT2D eigenvalue weighted by molar-refractivity contribution is -0.167. The Morgan fingerprint density at radius 1 is 1.00 bits per heavy atom. The zero-order valence-electron chi connectivity index (χ0n) is 17.6. The fourth-order valence-corrected chi connectivity index (χ4v) is 4.97. The van der Waals surface area contributed by atoms with Crippen molar-refractivity contribution in [2.45, 2.75) is 37.3 Å². The van der Waals surface area contributed by atoms with Crippen molar-refractivity contribution < 1.29 is 14.7 Å². The number of amides is 2. The Labute approximate surface area is 183 Å². The minimum absolute atomic E-state index is 0.0434. The second-order valence-electron chi connectivity index (χ2n) is 8.98. The van der Waals surface area contributed by atoms with E-state index in [2.05, 4.69) is 48.6 Å². The predicted octanol–water partition coefficient (Wildman–Crippen LogP) is 3.15. The van der Waals surface area contributed by atoms with E-state index in [0.717, 1.165) is 29.5 Å². The van der Waals surface area contributed by atoms with Gasteiger partial charge in [0.25, 0.3) is 0 Å². The monoisotopic (exact) mass is 416 g/mol. The first-order chi connectivity index (χ1) is 15.1. The van der Waals surface area contributed by atoms with Gasteiger partial charge in [0.2, 0.25) is 11.8 Å². The average Bonchev–Trinajstić information content (AvgIpc) is 3.59. The Hall–Kier alpha value is -2.92. The van der Waals surface area contributed by atoms with Gasteiger partial charge in [-0.1, -0.05) is 66.7 Å². The second kappa shape index (κ2) is 8.31. The lowest BCUT2D eigenvalue weighted by atomic mass is 9.73. The van der Waals surface area contributed by atoms with Gasteiger partial charge >= 0.3 is 0 Å². The topological polar surface area (TPSA) is 60.9 Å². The largest absolute Gasteiger partial charge is 0.394 e. The summed E-state index contributed by atoms with van der Waals surface area (Å²) in [5.74, 6) is 0.623. The maximum Gasteiger partial charge on any atom is 0.242 e. The molecule has 2 amide bonds. The van der Waals surface area contributed by atoms with Crippen LogP contribution in [0.4, 0.5) is 0 Å². The summed E-state index contributed by atoms with van der Waals surface area (Å²) in [7, 11) is 0. The van der Waals surface area contributed by atoms with Crippen LogP contribution < -0.4 is 0 Å². The fraction of sp³-hybridized carbons (Fsp3) is 0.385. The zero-order chi connectivity index (χ0) is 21.4. The number of carbonyl (C=O) groups excluding carboxylic acids is 2. The van der Waals surface area contributed by atoms with Crippen molar-refractivity contribution in [3.8, 4) is 0 Å². The van der Waals surface area contributed by atoms with Gasteiger partial charge in [0.1, 0.15) is 0 Å². The molecule has 1 N–H and O–H groups in total. The summed E-state index contributed by atoms with van der Waals surface area (Å²) < 4.78 is 0. The molecule has 2 saturated heterocycles. The normalized spacial score (nSPS) is 25.5. The van der Waals surface area contributed by atoms with Crippen molar-refractivity contribution >= 4 is 24.0 Å². The van der Waals surface area contributed by atoms with Gasteiger partial charge in [0.15, 0.2) is 0 Å². The molecular weight excluding hydrogens is 388 g/mol. The van der Waals surface area contributed by atoms with E-state index in [-0.39, 0.29) is 43.0 Å². The Balaban J connectivity index is 1.30. The summed E-state index contributed by atoms with van der Waals surface area (Å²) in [5.41, 5.74) is 3.37. The van der Waals surface area contributed by atoms with Crippen LogP contribution in [0, 0.1) is 5.92 Å². The number of aliphatic hydroxyl groups excluding tert-OH is 1. The van der Waals surface area contributed by atoms with E-state index in [1.54, 1.807) is 9.80 Å². The molecule has 0 spiro atoms. The number of hydrogen-bond donors (Lipinski definition) is 1.